The van der Waals surface area contributed by atoms with Crippen molar-refractivity contribution in [3.63, 3.8) is 0 Å². The van der Waals surface area contributed by atoms with Crippen LogP contribution in [0.15, 0.2) is 48.2 Å². The van der Waals surface area contributed by atoms with E-state index in [9.17, 15) is 13.5 Å². The zero-order chi connectivity index (χ0) is 23.5. The first-order valence-corrected chi connectivity index (χ1v) is 12.0. The Morgan fingerprint density at radius 1 is 1.12 bits per heavy atom. The lowest BCUT2D eigenvalue weighted by atomic mass is 9.88. The summed E-state index contributed by atoms with van der Waals surface area (Å²) in [6.07, 6.45) is 1.12. The minimum Gasteiger partial charge on any atom is -0.509 e. The number of rotatable bonds is 5. The van der Waals surface area contributed by atoms with Crippen LogP contribution >= 0.6 is 0 Å². The van der Waals surface area contributed by atoms with Crippen molar-refractivity contribution in [1.82, 2.24) is 14.3 Å². The Morgan fingerprint density at radius 3 is 2.33 bits per heavy atom. The Morgan fingerprint density at radius 2 is 1.76 bits per heavy atom. The molecular weight excluding hydrogens is 446 g/mol. The minimum absolute atomic E-state index is 0.00462. The molecule has 1 aromatic heterocycles. The zero-order valence-corrected chi connectivity index (χ0v) is 19.1. The predicted octanol–water partition coefficient (Wildman–Crippen LogP) is 2.36. The predicted molar refractivity (Wildman–Crippen MR) is 125 cm³/mol. The number of nitrogens with one attached hydrogen (secondary N) is 2. The summed E-state index contributed by atoms with van der Waals surface area (Å²) >= 11 is 0. The molecule has 5 rings (SSSR count). The molecule has 0 bridgehead atoms. The lowest BCUT2D eigenvalue weighted by Gasteiger charge is -2.51. The molecule has 3 heterocycles. The van der Waals surface area contributed by atoms with Gasteiger partial charge in [-0.2, -0.15) is 4.31 Å². The fourth-order valence-electron chi connectivity index (χ4n) is 4.43. The second-order valence-corrected chi connectivity index (χ2v) is 10.1. The number of anilines is 1. The van der Waals surface area contributed by atoms with Crippen molar-refractivity contribution < 1.29 is 23.0 Å². The number of aliphatic hydroxyl groups is 1. The second-order valence-electron chi connectivity index (χ2n) is 8.14. The molecule has 0 radical (unpaired) electrons. The van der Waals surface area contributed by atoms with Gasteiger partial charge in [0, 0.05) is 31.3 Å². The van der Waals surface area contributed by atoms with Crippen molar-refractivity contribution in [2.24, 2.45) is 0 Å². The van der Waals surface area contributed by atoms with Crippen LogP contribution in [0.25, 0.3) is 16.6 Å². The van der Waals surface area contributed by atoms with Crippen molar-refractivity contribution in [1.29, 1.82) is 5.41 Å². The molecule has 10 nitrogen and oxygen atoms in total. The molecule has 0 saturated carbocycles. The van der Waals surface area contributed by atoms with Gasteiger partial charge < -0.3 is 24.5 Å². The van der Waals surface area contributed by atoms with Gasteiger partial charge in [0.05, 0.1) is 42.8 Å². The quantitative estimate of drug-likeness (QED) is 0.523. The number of fused-ring (bicyclic) bond motifs is 1. The smallest absolute Gasteiger partial charge is 0.211 e. The van der Waals surface area contributed by atoms with Gasteiger partial charge in [0.1, 0.15) is 34.5 Å². The summed E-state index contributed by atoms with van der Waals surface area (Å²) in [5.74, 6) is 1.24. The van der Waals surface area contributed by atoms with Gasteiger partial charge >= 0.3 is 0 Å². The van der Waals surface area contributed by atoms with Crippen molar-refractivity contribution in [2.75, 3.05) is 38.5 Å². The average molecular weight is 470 g/mol. The van der Waals surface area contributed by atoms with E-state index in [0.29, 0.717) is 28.5 Å². The SMILES string of the molecule is COc1cc(OC)cc(N2C(=N)C(c3nc4ccccc4[nH]3)=C(O)C23CN(S(C)(=O)=O)C3)c1. The number of hydrogen-bond donors (Lipinski definition) is 3. The van der Waals surface area contributed by atoms with Gasteiger partial charge in [-0.15, -0.1) is 0 Å². The lowest BCUT2D eigenvalue weighted by Crippen LogP contribution is -2.71. The van der Waals surface area contributed by atoms with E-state index >= 15 is 0 Å². The third kappa shape index (κ3) is 3.15. The van der Waals surface area contributed by atoms with Crippen LogP contribution in [0.1, 0.15) is 5.82 Å². The van der Waals surface area contributed by atoms with E-state index < -0.39 is 15.6 Å². The number of para-hydroxylation sites is 2. The molecule has 0 amide bonds. The number of nitrogens with zero attached hydrogens (tertiary/aromatic N) is 3. The third-order valence-electron chi connectivity index (χ3n) is 6.13. The number of aromatic amines is 1. The number of hydrogen-bond acceptors (Lipinski definition) is 7. The molecule has 3 N–H and O–H groups in total. The average Bonchev–Trinajstić information content (AvgIpc) is 3.27. The molecule has 2 aliphatic heterocycles. The van der Waals surface area contributed by atoms with E-state index in [-0.39, 0.29) is 30.3 Å². The largest absolute Gasteiger partial charge is 0.509 e. The Balaban J connectivity index is 1.67. The highest BCUT2D eigenvalue weighted by atomic mass is 32.2. The van der Waals surface area contributed by atoms with Gasteiger partial charge in [0.15, 0.2) is 0 Å². The van der Waals surface area contributed by atoms with Crippen LogP contribution in [0.5, 0.6) is 11.5 Å². The van der Waals surface area contributed by atoms with E-state index in [1.807, 2.05) is 24.3 Å². The highest BCUT2D eigenvalue weighted by molar-refractivity contribution is 7.88. The summed E-state index contributed by atoms with van der Waals surface area (Å²) in [4.78, 5) is 9.35. The van der Waals surface area contributed by atoms with Crippen molar-refractivity contribution in [3.8, 4) is 11.5 Å². The van der Waals surface area contributed by atoms with Crippen LogP contribution in [0.3, 0.4) is 0 Å². The maximum Gasteiger partial charge on any atom is 0.211 e. The number of sulfonamides is 1. The van der Waals surface area contributed by atoms with Crippen LogP contribution in [-0.4, -0.2) is 72.7 Å². The Labute approximate surface area is 190 Å². The molecule has 172 valence electrons. The van der Waals surface area contributed by atoms with Gasteiger partial charge in [-0.3, -0.25) is 5.41 Å². The summed E-state index contributed by atoms with van der Waals surface area (Å²) < 4.78 is 36.3. The van der Waals surface area contributed by atoms with Crippen molar-refractivity contribution in [2.45, 2.75) is 5.54 Å². The van der Waals surface area contributed by atoms with Crippen molar-refractivity contribution >= 4 is 38.2 Å². The standard InChI is InChI=1S/C22H23N5O5S/c1-31-14-8-13(9-15(10-14)32-2)27-20(23)18(21-24-16-6-4-5-7-17(16)25-21)19(28)22(27)11-26(12-22)33(3,29)30/h4-10,23,28H,11-12H2,1-3H3,(H,24,25). The first-order chi connectivity index (χ1) is 15.7. The molecule has 3 aromatic rings. The van der Waals surface area contributed by atoms with E-state index in [4.69, 9.17) is 14.9 Å². The number of ether oxygens (including phenoxy) is 2. The normalized spacial score (nSPS) is 18.3. The van der Waals surface area contributed by atoms with Gasteiger partial charge in [-0.1, -0.05) is 12.1 Å². The Kier molecular flexibility index (Phi) is 4.66. The highest BCUT2D eigenvalue weighted by Crippen LogP contribution is 2.48. The van der Waals surface area contributed by atoms with E-state index in [2.05, 4.69) is 9.97 Å². The number of amidine groups is 1. The minimum atomic E-state index is -3.47. The summed E-state index contributed by atoms with van der Waals surface area (Å²) in [6.45, 7) is -0.0212. The first kappa shape index (κ1) is 21.3. The third-order valence-corrected chi connectivity index (χ3v) is 7.33. The van der Waals surface area contributed by atoms with Gasteiger partial charge in [0.2, 0.25) is 10.0 Å². The monoisotopic (exact) mass is 469 g/mol. The Bertz CT molecular complexity index is 1370. The number of methoxy groups -OCH3 is 2. The van der Waals surface area contributed by atoms with E-state index in [0.717, 1.165) is 11.8 Å². The molecule has 1 fully saturated rings. The fraction of sp³-hybridized carbons (Fsp3) is 0.273. The molecule has 0 unspecified atom stereocenters. The maximum absolute atomic E-state index is 12.2. The molecule has 1 spiro atoms. The Hall–Kier alpha value is -3.57. The first-order valence-electron chi connectivity index (χ1n) is 10.1. The summed E-state index contributed by atoms with van der Waals surface area (Å²) in [5.41, 5.74) is 1.07. The number of aliphatic hydroxyl groups excluding tert-OH is 1. The van der Waals surface area contributed by atoms with E-state index in [1.54, 1.807) is 23.1 Å². The zero-order valence-electron chi connectivity index (χ0n) is 18.3. The molecular formula is C22H23N5O5S. The van der Waals surface area contributed by atoms with E-state index in [1.165, 1.54) is 18.5 Å². The summed E-state index contributed by atoms with van der Waals surface area (Å²) in [5, 5.41) is 20.4. The number of imidazole rings is 1. The van der Waals surface area contributed by atoms with Crippen LogP contribution in [-0.2, 0) is 10.0 Å². The number of H-pyrrole nitrogens is 1. The topological polar surface area (TPSA) is 132 Å². The molecule has 0 aliphatic carbocycles. The summed E-state index contributed by atoms with van der Waals surface area (Å²) in [7, 11) is -0.431. The van der Waals surface area contributed by atoms with Crippen molar-refractivity contribution in [3.05, 3.63) is 54.0 Å². The summed E-state index contributed by atoms with van der Waals surface area (Å²) in [6, 6.07) is 12.6. The van der Waals surface area contributed by atoms with Gasteiger partial charge in [-0.05, 0) is 12.1 Å². The van der Waals surface area contributed by atoms with Gasteiger partial charge in [0.25, 0.3) is 0 Å². The highest BCUT2D eigenvalue weighted by Gasteiger charge is 2.61. The molecule has 2 aromatic carbocycles. The molecule has 1 saturated heterocycles. The van der Waals surface area contributed by atoms with Crippen LogP contribution in [0.4, 0.5) is 5.69 Å². The lowest BCUT2D eigenvalue weighted by molar-refractivity contribution is 0.148. The fourth-order valence-corrected chi connectivity index (χ4v) is 5.33. The van der Waals surface area contributed by atoms with Crippen LogP contribution < -0.4 is 14.4 Å². The number of benzene rings is 2. The molecule has 33 heavy (non-hydrogen) atoms. The second kappa shape index (κ2) is 7.22. The maximum atomic E-state index is 12.2. The van der Waals surface area contributed by atoms with Crippen LogP contribution in [0, 0.1) is 5.41 Å². The molecule has 0 atom stereocenters. The number of aromatic nitrogens is 2. The molecule has 2 aliphatic rings. The van der Waals surface area contributed by atoms with Gasteiger partial charge in [-0.25, -0.2) is 13.4 Å². The van der Waals surface area contributed by atoms with Crippen LogP contribution in [0.2, 0.25) is 0 Å². The molecule has 11 heteroatoms.